The third kappa shape index (κ3) is 4.13. The zero-order valence-corrected chi connectivity index (χ0v) is 18.5. The molecule has 0 radical (unpaired) electrons. The topological polar surface area (TPSA) is 120 Å². The molecule has 32 heavy (non-hydrogen) atoms. The number of alkyl halides is 3. The Morgan fingerprint density at radius 1 is 1.31 bits per heavy atom. The third-order valence-corrected chi connectivity index (χ3v) is 7.29. The van der Waals surface area contributed by atoms with Gasteiger partial charge in [-0.25, -0.2) is 22.9 Å². The first kappa shape index (κ1) is 22.7. The van der Waals surface area contributed by atoms with Crippen molar-refractivity contribution in [3.63, 3.8) is 0 Å². The zero-order chi connectivity index (χ0) is 23.5. The van der Waals surface area contributed by atoms with Crippen LogP contribution in [-0.2, 0) is 22.5 Å². The van der Waals surface area contributed by atoms with Crippen LogP contribution in [0.2, 0.25) is 0 Å². The molecule has 2 aromatic heterocycles. The lowest BCUT2D eigenvalue weighted by Gasteiger charge is -2.26. The minimum Gasteiger partial charge on any atom is -0.321 e. The van der Waals surface area contributed by atoms with Crippen LogP contribution in [0.4, 0.5) is 18.9 Å². The van der Waals surface area contributed by atoms with Gasteiger partial charge in [-0.15, -0.1) is 0 Å². The van der Waals surface area contributed by atoms with E-state index < -0.39 is 43.7 Å². The average Bonchev–Trinajstić information content (AvgIpc) is 3.29. The van der Waals surface area contributed by atoms with Gasteiger partial charge < -0.3 is 5.32 Å². The molecule has 174 valence electrons. The van der Waals surface area contributed by atoms with Gasteiger partial charge in [0.2, 0.25) is 0 Å². The van der Waals surface area contributed by atoms with Gasteiger partial charge in [0.1, 0.15) is 17.1 Å². The summed E-state index contributed by atoms with van der Waals surface area (Å²) in [4.78, 5) is 16.8. The number of aromatic nitrogens is 3. The molecule has 0 spiro atoms. The Morgan fingerprint density at radius 2 is 1.97 bits per heavy atom. The van der Waals surface area contributed by atoms with Crippen molar-refractivity contribution < 1.29 is 26.4 Å². The summed E-state index contributed by atoms with van der Waals surface area (Å²) in [6, 6.07) is 2.42. The molecule has 3 N–H and O–H groups in total. The Bertz CT molecular complexity index is 1180. The Kier molecular flexibility index (Phi) is 5.16. The number of nitrogens with one attached hydrogen (secondary N) is 1. The minimum absolute atomic E-state index is 0.00892. The standard InChI is InChI=1S/C20H24F3N5O3S/c1-12-15(17(29)26-13-3-8-25-14(9-13)32(24,30)31)28(27-16(12)18(2,21)22)11-19-4-6-20(23,10-19)7-5-19/h3,8-9H,4-7,10-11H2,1-2H3,(H2,24,30,31)(H,25,26,29). The number of pyridine rings is 1. The molecule has 2 saturated carbocycles. The van der Waals surface area contributed by atoms with Gasteiger partial charge in [0.15, 0.2) is 5.03 Å². The van der Waals surface area contributed by atoms with Gasteiger partial charge in [-0.3, -0.25) is 9.48 Å². The summed E-state index contributed by atoms with van der Waals surface area (Å²) in [5.74, 6) is -4.02. The number of halogens is 3. The molecule has 2 aliphatic rings. The molecule has 2 aromatic rings. The van der Waals surface area contributed by atoms with E-state index in [-0.39, 0.29) is 23.5 Å². The number of carbonyl (C=O) groups excluding carboxylic acids is 1. The van der Waals surface area contributed by atoms with E-state index in [2.05, 4.69) is 15.4 Å². The molecular formula is C20H24F3N5O3S. The van der Waals surface area contributed by atoms with Crippen LogP contribution in [-0.4, -0.2) is 34.8 Å². The molecule has 2 aliphatic carbocycles. The van der Waals surface area contributed by atoms with Crippen LogP contribution in [0.1, 0.15) is 60.8 Å². The second-order valence-electron chi connectivity index (χ2n) is 9.08. The molecule has 2 fully saturated rings. The summed E-state index contributed by atoms with van der Waals surface area (Å²) < 4.78 is 67.4. The van der Waals surface area contributed by atoms with Gasteiger partial charge in [0.25, 0.3) is 21.9 Å². The fourth-order valence-electron chi connectivity index (χ4n) is 4.99. The number of hydrogen-bond acceptors (Lipinski definition) is 5. The number of primary sulfonamides is 1. The Balaban J connectivity index is 1.70. The maximum atomic E-state index is 14.7. The molecule has 0 saturated heterocycles. The van der Waals surface area contributed by atoms with Crippen molar-refractivity contribution in [3.05, 3.63) is 35.3 Å². The number of amides is 1. The SMILES string of the molecule is Cc1c(C(C)(F)F)nn(CC23CCC(F)(CC2)C3)c1C(=O)Nc1ccnc(S(N)(=O)=O)c1. The van der Waals surface area contributed by atoms with Crippen molar-refractivity contribution in [3.8, 4) is 0 Å². The first-order valence-electron chi connectivity index (χ1n) is 10.2. The maximum absolute atomic E-state index is 14.7. The predicted octanol–water partition coefficient (Wildman–Crippen LogP) is 3.27. The van der Waals surface area contributed by atoms with Crippen LogP contribution in [0.3, 0.4) is 0 Å². The summed E-state index contributed by atoms with van der Waals surface area (Å²) in [6.07, 6.45) is 3.51. The summed E-state index contributed by atoms with van der Waals surface area (Å²) in [7, 11) is -4.10. The van der Waals surface area contributed by atoms with Gasteiger partial charge in [-0.1, -0.05) is 0 Å². The number of fused-ring (bicyclic) bond motifs is 2. The van der Waals surface area contributed by atoms with E-state index >= 15 is 0 Å². The summed E-state index contributed by atoms with van der Waals surface area (Å²) >= 11 is 0. The Morgan fingerprint density at radius 3 is 2.50 bits per heavy atom. The van der Waals surface area contributed by atoms with Crippen molar-refractivity contribution in [2.24, 2.45) is 10.6 Å². The first-order chi connectivity index (χ1) is 14.7. The number of anilines is 1. The maximum Gasteiger partial charge on any atom is 0.289 e. The molecule has 0 atom stereocenters. The van der Waals surface area contributed by atoms with E-state index in [0.29, 0.717) is 39.0 Å². The number of nitrogens with two attached hydrogens (primary N) is 1. The highest BCUT2D eigenvalue weighted by Gasteiger charge is 2.55. The van der Waals surface area contributed by atoms with Crippen molar-refractivity contribution in [1.29, 1.82) is 0 Å². The largest absolute Gasteiger partial charge is 0.321 e. The van der Waals surface area contributed by atoms with E-state index in [0.717, 1.165) is 12.3 Å². The van der Waals surface area contributed by atoms with Crippen LogP contribution >= 0.6 is 0 Å². The van der Waals surface area contributed by atoms with Crippen molar-refractivity contribution in [2.45, 2.75) is 69.1 Å². The summed E-state index contributed by atoms with van der Waals surface area (Å²) in [6.45, 7) is 2.23. The minimum atomic E-state index is -4.10. The van der Waals surface area contributed by atoms with Gasteiger partial charge in [-0.2, -0.15) is 13.9 Å². The van der Waals surface area contributed by atoms with Crippen LogP contribution in [0.25, 0.3) is 0 Å². The number of nitrogens with zero attached hydrogens (tertiary/aromatic N) is 3. The second-order valence-corrected chi connectivity index (χ2v) is 10.6. The lowest BCUT2D eigenvalue weighted by Crippen LogP contribution is -2.27. The first-order valence-corrected chi connectivity index (χ1v) is 11.7. The fourth-order valence-corrected chi connectivity index (χ4v) is 5.49. The Labute approximate surface area is 183 Å². The van der Waals surface area contributed by atoms with Crippen LogP contribution in [0.5, 0.6) is 0 Å². The van der Waals surface area contributed by atoms with Gasteiger partial charge in [0, 0.05) is 37.0 Å². The highest BCUT2D eigenvalue weighted by atomic mass is 32.2. The van der Waals surface area contributed by atoms with Crippen molar-refractivity contribution in [2.75, 3.05) is 5.32 Å². The molecule has 0 aliphatic heterocycles. The average molecular weight is 472 g/mol. The van der Waals surface area contributed by atoms with Crippen LogP contribution < -0.4 is 10.5 Å². The number of hydrogen-bond donors (Lipinski definition) is 2. The number of sulfonamides is 1. The van der Waals surface area contributed by atoms with Gasteiger partial charge >= 0.3 is 0 Å². The predicted molar refractivity (Wildman–Crippen MR) is 109 cm³/mol. The molecule has 4 rings (SSSR count). The normalized spacial score (nSPS) is 25.3. The number of rotatable bonds is 6. The van der Waals surface area contributed by atoms with Crippen LogP contribution in [0.15, 0.2) is 23.4 Å². The quantitative estimate of drug-likeness (QED) is 0.670. The molecule has 0 aromatic carbocycles. The van der Waals surface area contributed by atoms with Crippen molar-refractivity contribution in [1.82, 2.24) is 14.8 Å². The van der Waals surface area contributed by atoms with Crippen molar-refractivity contribution >= 4 is 21.6 Å². The lowest BCUT2D eigenvalue weighted by molar-refractivity contribution is 0.0111. The van der Waals surface area contributed by atoms with Gasteiger partial charge in [-0.05, 0) is 50.5 Å². The summed E-state index contributed by atoms with van der Waals surface area (Å²) in [5, 5.41) is 11.2. The molecule has 8 nitrogen and oxygen atoms in total. The number of carbonyl (C=O) groups is 1. The fraction of sp³-hybridized carbons (Fsp3) is 0.550. The van der Waals surface area contributed by atoms with Gasteiger partial charge in [0.05, 0.1) is 0 Å². The smallest absolute Gasteiger partial charge is 0.289 e. The lowest BCUT2D eigenvalue weighted by atomic mass is 9.84. The highest BCUT2D eigenvalue weighted by Crippen LogP contribution is 2.59. The summed E-state index contributed by atoms with van der Waals surface area (Å²) in [5.41, 5.74) is -2.18. The third-order valence-electron chi connectivity index (χ3n) is 6.49. The zero-order valence-electron chi connectivity index (χ0n) is 17.7. The molecule has 0 unspecified atom stereocenters. The Hall–Kier alpha value is -2.47. The molecule has 2 bridgehead atoms. The van der Waals surface area contributed by atoms with E-state index in [1.54, 1.807) is 0 Å². The highest BCUT2D eigenvalue weighted by molar-refractivity contribution is 7.89. The van der Waals surface area contributed by atoms with E-state index in [1.165, 1.54) is 17.7 Å². The van der Waals surface area contributed by atoms with E-state index in [4.69, 9.17) is 5.14 Å². The monoisotopic (exact) mass is 471 g/mol. The molecule has 2 heterocycles. The van der Waals surface area contributed by atoms with E-state index in [1.807, 2.05) is 0 Å². The molecule has 1 amide bonds. The molecular weight excluding hydrogens is 447 g/mol. The van der Waals surface area contributed by atoms with E-state index in [9.17, 15) is 26.4 Å². The molecule has 12 heteroatoms. The second kappa shape index (κ2) is 7.27. The van der Waals surface area contributed by atoms with Crippen LogP contribution in [0, 0.1) is 12.3 Å².